The molecule has 1 aliphatic rings. The number of aliphatic imine (C=N–C) groups is 1. The average Bonchev–Trinajstić information content (AvgIpc) is 3.38. The Bertz CT molecular complexity index is 961. The van der Waals surface area contributed by atoms with Crippen molar-refractivity contribution in [2.45, 2.75) is 32.7 Å². The van der Waals surface area contributed by atoms with Crippen molar-refractivity contribution in [3.05, 3.63) is 53.5 Å². The monoisotopic (exact) mass is 493 g/mol. The average molecular weight is 493 g/mol. The van der Waals surface area contributed by atoms with Crippen LogP contribution in [0.3, 0.4) is 0 Å². The van der Waals surface area contributed by atoms with E-state index in [1.165, 1.54) is 16.5 Å². The first-order chi connectivity index (χ1) is 13.2. The lowest BCUT2D eigenvalue weighted by Crippen LogP contribution is -2.40. The largest absolute Gasteiger partial charge is 0.459 e. The van der Waals surface area contributed by atoms with Crippen LogP contribution >= 0.6 is 24.0 Å². The van der Waals surface area contributed by atoms with E-state index in [4.69, 9.17) is 9.41 Å². The van der Waals surface area contributed by atoms with Crippen LogP contribution in [-0.4, -0.2) is 40.3 Å². The van der Waals surface area contributed by atoms with Crippen molar-refractivity contribution in [2.24, 2.45) is 12.0 Å². The van der Waals surface area contributed by atoms with Crippen LogP contribution in [0.2, 0.25) is 0 Å². The molecule has 1 atom stereocenters. The van der Waals surface area contributed by atoms with Crippen LogP contribution in [0.25, 0.3) is 11.0 Å². The first-order valence-corrected chi connectivity index (χ1v) is 9.64. The summed E-state index contributed by atoms with van der Waals surface area (Å²) in [6.45, 7) is 7.60. The van der Waals surface area contributed by atoms with Crippen LogP contribution in [-0.2, 0) is 13.6 Å². The molecular formula is C21H28IN5O. The number of hydrogen-bond donors (Lipinski definition) is 1. The van der Waals surface area contributed by atoms with Gasteiger partial charge in [0, 0.05) is 49.7 Å². The zero-order chi connectivity index (χ0) is 18.8. The highest BCUT2D eigenvalue weighted by atomic mass is 127. The van der Waals surface area contributed by atoms with Gasteiger partial charge < -0.3 is 14.6 Å². The lowest BCUT2D eigenvalue weighted by Gasteiger charge is -2.21. The number of likely N-dealkylation sites (tertiary alicyclic amines) is 1. The number of benzene rings is 1. The van der Waals surface area contributed by atoms with Gasteiger partial charge in [-0.25, -0.2) is 4.99 Å². The van der Waals surface area contributed by atoms with E-state index >= 15 is 0 Å². The molecule has 1 aromatic carbocycles. The highest BCUT2D eigenvalue weighted by Crippen LogP contribution is 2.28. The van der Waals surface area contributed by atoms with Gasteiger partial charge in [-0.15, -0.1) is 24.0 Å². The zero-order valence-corrected chi connectivity index (χ0v) is 19.0. The topological polar surface area (TPSA) is 58.6 Å². The maximum atomic E-state index is 6.02. The van der Waals surface area contributed by atoms with Gasteiger partial charge >= 0.3 is 0 Å². The maximum Gasteiger partial charge on any atom is 0.194 e. The fraction of sp³-hybridized carbons (Fsp3) is 0.429. The fourth-order valence-electron chi connectivity index (χ4n) is 3.82. The number of aromatic nitrogens is 2. The van der Waals surface area contributed by atoms with Crippen LogP contribution in [0.4, 0.5) is 0 Å². The Morgan fingerprint density at radius 3 is 2.89 bits per heavy atom. The summed E-state index contributed by atoms with van der Waals surface area (Å²) in [5.41, 5.74) is 3.42. The van der Waals surface area contributed by atoms with E-state index in [9.17, 15) is 0 Å². The normalized spacial score (nSPS) is 17.2. The van der Waals surface area contributed by atoms with E-state index in [1.54, 1.807) is 0 Å². The Kier molecular flexibility index (Phi) is 6.64. The molecule has 0 aliphatic carbocycles. The van der Waals surface area contributed by atoms with Gasteiger partial charge in [0.05, 0.1) is 6.20 Å². The summed E-state index contributed by atoms with van der Waals surface area (Å²) in [7, 11) is 1.97. The Balaban J connectivity index is 0.00000225. The summed E-state index contributed by atoms with van der Waals surface area (Å²) in [6, 6.07) is 8.17. The lowest BCUT2D eigenvalue weighted by molar-refractivity contribution is 0.481. The number of hydrogen-bond acceptors (Lipinski definition) is 3. The number of guanidine groups is 1. The molecule has 0 saturated carbocycles. The molecule has 28 heavy (non-hydrogen) atoms. The number of nitrogens with zero attached hydrogens (tertiary/aromatic N) is 4. The SMILES string of the molecule is CCNC(=NCc1oc2ccccc2c1C)N1CCC(c2cnn(C)c2)C1.I. The van der Waals surface area contributed by atoms with Crippen LogP contribution in [0.5, 0.6) is 0 Å². The lowest BCUT2D eigenvalue weighted by atomic mass is 10.0. The van der Waals surface area contributed by atoms with Crippen molar-refractivity contribution < 1.29 is 4.42 Å². The molecule has 0 radical (unpaired) electrons. The Hall–Kier alpha value is -2.03. The number of aryl methyl sites for hydroxylation is 2. The van der Waals surface area contributed by atoms with E-state index in [-0.39, 0.29) is 24.0 Å². The van der Waals surface area contributed by atoms with Crippen LogP contribution < -0.4 is 5.32 Å². The second kappa shape index (κ2) is 8.98. The molecule has 0 bridgehead atoms. The second-order valence-corrected chi connectivity index (χ2v) is 7.20. The molecule has 150 valence electrons. The standard InChI is InChI=1S/C21H27N5O.HI/c1-4-22-21(26-10-9-16(14-26)17-11-24-25(3)13-17)23-12-20-15(2)18-7-5-6-8-19(18)27-20;/h5-8,11,13,16H,4,9-10,12,14H2,1-3H3,(H,22,23);1H. The van der Waals surface area contributed by atoms with Gasteiger partial charge in [0.1, 0.15) is 17.9 Å². The minimum atomic E-state index is 0. The third-order valence-corrected chi connectivity index (χ3v) is 5.33. The van der Waals surface area contributed by atoms with Crippen LogP contribution in [0.1, 0.15) is 36.1 Å². The van der Waals surface area contributed by atoms with Crippen molar-refractivity contribution in [1.29, 1.82) is 0 Å². The molecule has 7 heteroatoms. The van der Waals surface area contributed by atoms with Gasteiger partial charge in [0.2, 0.25) is 0 Å². The van der Waals surface area contributed by atoms with Crippen molar-refractivity contribution in [3.63, 3.8) is 0 Å². The molecular weight excluding hydrogens is 465 g/mol. The summed E-state index contributed by atoms with van der Waals surface area (Å²) in [6.07, 6.45) is 5.23. The van der Waals surface area contributed by atoms with Gasteiger partial charge in [0.15, 0.2) is 5.96 Å². The number of nitrogens with one attached hydrogen (secondary N) is 1. The Labute approximate surface area is 183 Å². The van der Waals surface area contributed by atoms with Gasteiger partial charge in [0.25, 0.3) is 0 Å². The molecule has 6 nitrogen and oxygen atoms in total. The molecule has 4 rings (SSSR count). The second-order valence-electron chi connectivity index (χ2n) is 7.20. The minimum Gasteiger partial charge on any atom is -0.459 e. The first-order valence-electron chi connectivity index (χ1n) is 9.64. The fourth-order valence-corrected chi connectivity index (χ4v) is 3.82. The first kappa shape index (κ1) is 20.7. The Morgan fingerprint density at radius 2 is 2.18 bits per heavy atom. The molecule has 1 N–H and O–H groups in total. The summed E-state index contributed by atoms with van der Waals surface area (Å²) in [5.74, 6) is 2.41. The number of fused-ring (bicyclic) bond motifs is 1. The minimum absolute atomic E-state index is 0. The number of halogens is 1. The van der Waals surface area contributed by atoms with Crippen molar-refractivity contribution in [2.75, 3.05) is 19.6 Å². The predicted molar refractivity (Wildman–Crippen MR) is 123 cm³/mol. The molecule has 3 heterocycles. The van der Waals surface area contributed by atoms with E-state index < -0.39 is 0 Å². The number of para-hydroxylation sites is 1. The molecule has 0 amide bonds. The molecule has 1 saturated heterocycles. The number of furan rings is 1. The summed E-state index contributed by atoms with van der Waals surface area (Å²) >= 11 is 0. The highest BCUT2D eigenvalue weighted by Gasteiger charge is 2.27. The predicted octanol–water partition coefficient (Wildman–Crippen LogP) is 4.05. The van der Waals surface area contributed by atoms with Gasteiger partial charge in [-0.3, -0.25) is 4.68 Å². The van der Waals surface area contributed by atoms with E-state index in [2.05, 4.69) is 41.4 Å². The number of rotatable bonds is 4. The molecule has 1 fully saturated rings. The van der Waals surface area contributed by atoms with E-state index in [1.807, 2.05) is 36.1 Å². The van der Waals surface area contributed by atoms with Crippen molar-refractivity contribution in [3.8, 4) is 0 Å². The van der Waals surface area contributed by atoms with Crippen LogP contribution in [0, 0.1) is 6.92 Å². The molecule has 2 aromatic heterocycles. The van der Waals surface area contributed by atoms with Crippen molar-refractivity contribution in [1.82, 2.24) is 20.0 Å². The summed E-state index contributed by atoms with van der Waals surface area (Å²) < 4.78 is 7.90. The molecule has 3 aromatic rings. The summed E-state index contributed by atoms with van der Waals surface area (Å²) in [4.78, 5) is 7.22. The smallest absolute Gasteiger partial charge is 0.194 e. The molecule has 1 unspecified atom stereocenters. The van der Waals surface area contributed by atoms with E-state index in [0.717, 1.165) is 43.4 Å². The zero-order valence-electron chi connectivity index (χ0n) is 16.7. The quantitative estimate of drug-likeness (QED) is 0.339. The van der Waals surface area contributed by atoms with Gasteiger partial charge in [-0.05, 0) is 31.9 Å². The van der Waals surface area contributed by atoms with Gasteiger partial charge in [-0.1, -0.05) is 18.2 Å². The third-order valence-electron chi connectivity index (χ3n) is 5.33. The highest BCUT2D eigenvalue weighted by molar-refractivity contribution is 14.0. The molecule has 1 aliphatic heterocycles. The van der Waals surface area contributed by atoms with Crippen LogP contribution in [0.15, 0.2) is 46.1 Å². The Morgan fingerprint density at radius 1 is 1.36 bits per heavy atom. The van der Waals surface area contributed by atoms with E-state index in [0.29, 0.717) is 12.5 Å². The van der Waals surface area contributed by atoms with Gasteiger partial charge in [-0.2, -0.15) is 5.10 Å². The van der Waals surface area contributed by atoms with Crippen molar-refractivity contribution >= 4 is 40.9 Å². The molecule has 0 spiro atoms. The maximum absolute atomic E-state index is 6.02. The summed E-state index contributed by atoms with van der Waals surface area (Å²) in [5, 5.41) is 8.92. The third kappa shape index (κ3) is 4.19.